The lowest BCUT2D eigenvalue weighted by Gasteiger charge is -2.41. The van der Waals surface area contributed by atoms with E-state index < -0.39 is 56.9 Å². The first-order valence-electron chi connectivity index (χ1n) is 14.2. The van der Waals surface area contributed by atoms with Gasteiger partial charge in [-0.25, -0.2) is 15.1 Å². The molecule has 4 rings (SSSR count). The summed E-state index contributed by atoms with van der Waals surface area (Å²) >= 11 is 0. The van der Waals surface area contributed by atoms with Crippen LogP contribution in [0.1, 0.15) is 42.9 Å². The first-order chi connectivity index (χ1) is 21.5. The first kappa shape index (κ1) is 34.3. The fourth-order valence-electron chi connectivity index (χ4n) is 6.02. The van der Waals surface area contributed by atoms with E-state index in [1.807, 2.05) is 0 Å². The molecule has 248 valence electrons. The number of carbonyl (C=O) groups excluding carboxylic acids is 4. The monoisotopic (exact) mass is 652 g/mol. The Balaban J connectivity index is 1.47. The fraction of sp³-hybridized carbons (Fsp3) is 0.448. The Morgan fingerprint density at radius 3 is 2.37 bits per heavy atom. The number of hydrogen-bond donors (Lipinski definition) is 3. The van der Waals surface area contributed by atoms with E-state index in [-0.39, 0.29) is 51.2 Å². The smallest absolute Gasteiger partial charge is 0.489 e. The number of halogens is 3. The van der Waals surface area contributed by atoms with Gasteiger partial charge in [0.1, 0.15) is 37.0 Å². The molecule has 0 bridgehead atoms. The molecule has 2 aliphatic heterocycles. The number of amides is 3. The minimum Gasteiger partial charge on any atom is -0.489 e. The van der Waals surface area contributed by atoms with Gasteiger partial charge < -0.3 is 15.4 Å². The van der Waals surface area contributed by atoms with Crippen LogP contribution in [0.2, 0.25) is 0 Å². The maximum atomic E-state index is 13.7. The molecule has 0 radical (unpaired) electrons. The second-order valence-electron chi connectivity index (χ2n) is 11.5. The van der Waals surface area contributed by atoms with Crippen molar-refractivity contribution >= 4 is 29.4 Å². The topological polar surface area (TPSA) is 191 Å². The van der Waals surface area contributed by atoms with Gasteiger partial charge in [0.2, 0.25) is 5.91 Å². The summed E-state index contributed by atoms with van der Waals surface area (Å²) in [5, 5.41) is 20.6. The average Bonchev–Trinajstić information content (AvgIpc) is 3.30. The van der Waals surface area contributed by atoms with Gasteiger partial charge in [-0.05, 0) is 48.1 Å². The summed E-state index contributed by atoms with van der Waals surface area (Å²) < 4.78 is 43.2. The third kappa shape index (κ3) is 6.95. The van der Waals surface area contributed by atoms with Crippen molar-refractivity contribution in [1.82, 2.24) is 10.4 Å². The largest absolute Gasteiger partial charge is 0.497 e. The number of nitrogens with two attached hydrogens (primary N) is 1. The molecule has 3 amide bonds. The SMILES string of the molecule is CC(=O)[N+]1(OC(=O)C(F)(F)F)CCC(C(C(=O)NO)N2CCC(N)(c3ccc(OCc4cc(C)cc([N+](=O)[O-])c4)cc3)C2=O)CC1. The molecule has 4 N–H and O–H groups in total. The highest BCUT2D eigenvalue weighted by molar-refractivity contribution is 5.94. The number of ether oxygens (including phenoxy) is 1. The van der Waals surface area contributed by atoms with E-state index in [0.29, 0.717) is 22.4 Å². The van der Waals surface area contributed by atoms with Gasteiger partial charge in [-0.15, -0.1) is 0 Å². The van der Waals surface area contributed by atoms with Crippen LogP contribution < -0.4 is 16.0 Å². The molecule has 0 aliphatic carbocycles. The number of nitro benzene ring substituents is 1. The van der Waals surface area contributed by atoms with E-state index in [4.69, 9.17) is 10.5 Å². The third-order valence-electron chi connectivity index (χ3n) is 8.44. The van der Waals surface area contributed by atoms with Crippen molar-refractivity contribution in [3.8, 4) is 5.75 Å². The van der Waals surface area contributed by atoms with Crippen molar-refractivity contribution in [2.45, 2.75) is 57.5 Å². The first-order valence-corrected chi connectivity index (χ1v) is 14.2. The van der Waals surface area contributed by atoms with Gasteiger partial charge in [0.25, 0.3) is 11.6 Å². The zero-order chi connectivity index (χ0) is 34.0. The molecule has 2 unspecified atom stereocenters. The van der Waals surface area contributed by atoms with Gasteiger partial charge in [0, 0.05) is 31.5 Å². The number of piperidine rings is 1. The van der Waals surface area contributed by atoms with Crippen LogP contribution in [0.3, 0.4) is 0 Å². The van der Waals surface area contributed by atoms with E-state index in [2.05, 4.69) is 4.84 Å². The normalized spacial score (nSPS) is 23.8. The maximum Gasteiger partial charge on any atom is 0.497 e. The van der Waals surface area contributed by atoms with E-state index in [9.17, 15) is 47.7 Å². The lowest BCUT2D eigenvalue weighted by molar-refractivity contribution is -1.03. The number of hydrogen-bond acceptors (Lipinski definition) is 10. The van der Waals surface area contributed by atoms with Crippen LogP contribution in [0.25, 0.3) is 0 Å². The Morgan fingerprint density at radius 1 is 1.20 bits per heavy atom. The van der Waals surface area contributed by atoms with Crippen molar-refractivity contribution in [1.29, 1.82) is 0 Å². The molecule has 0 spiro atoms. The van der Waals surface area contributed by atoms with E-state index >= 15 is 0 Å². The average molecular weight is 653 g/mol. The lowest BCUT2D eigenvalue weighted by Crippen LogP contribution is -2.62. The van der Waals surface area contributed by atoms with Gasteiger partial charge >= 0.3 is 18.1 Å². The Hall–Kier alpha value is -4.61. The second-order valence-corrected chi connectivity index (χ2v) is 11.5. The highest BCUT2D eigenvalue weighted by Gasteiger charge is 2.55. The van der Waals surface area contributed by atoms with E-state index in [1.165, 1.54) is 22.5 Å². The molecule has 2 saturated heterocycles. The number of aryl methyl sites for hydroxylation is 1. The van der Waals surface area contributed by atoms with Gasteiger partial charge in [-0.2, -0.15) is 13.2 Å². The molecule has 0 saturated carbocycles. The number of rotatable bonds is 8. The van der Waals surface area contributed by atoms with Crippen LogP contribution in [-0.4, -0.2) is 75.2 Å². The lowest BCUT2D eigenvalue weighted by atomic mass is 9.86. The van der Waals surface area contributed by atoms with Crippen LogP contribution in [0.15, 0.2) is 42.5 Å². The van der Waals surface area contributed by atoms with Crippen LogP contribution in [0.5, 0.6) is 5.75 Å². The number of non-ortho nitro benzene ring substituents is 1. The summed E-state index contributed by atoms with van der Waals surface area (Å²) in [7, 11) is 0. The Labute approximate surface area is 260 Å². The standard InChI is InChI=1S/C29H32F3N5O9/c1-17-13-19(15-22(14-17)36(43)44)16-45-23-5-3-21(4-6-23)28(33)9-10-35(26(28)40)24(25(39)34-42)20-7-11-37(12-8-20,18(2)38)46-27(41)29(30,31)32/h3-6,13-15,20,24H,7-12,16,33H2,1-2H3,(H-,34,39,42)/p+1. The molecule has 2 aromatic carbocycles. The molecule has 46 heavy (non-hydrogen) atoms. The molecule has 2 aromatic rings. The molecule has 2 heterocycles. The van der Waals surface area contributed by atoms with E-state index in [0.717, 1.165) is 6.92 Å². The van der Waals surface area contributed by atoms with Crippen LogP contribution in [0.4, 0.5) is 18.9 Å². The maximum absolute atomic E-state index is 13.7. The summed E-state index contributed by atoms with van der Waals surface area (Å²) in [5.74, 6) is -5.27. The van der Waals surface area contributed by atoms with Gasteiger partial charge in [-0.3, -0.25) is 29.7 Å². The third-order valence-corrected chi connectivity index (χ3v) is 8.44. The van der Waals surface area contributed by atoms with Crippen molar-refractivity contribution < 1.29 is 56.7 Å². The van der Waals surface area contributed by atoms with Crippen LogP contribution >= 0.6 is 0 Å². The van der Waals surface area contributed by atoms with Crippen molar-refractivity contribution in [3.63, 3.8) is 0 Å². The quantitative estimate of drug-likeness (QED) is 0.165. The number of likely N-dealkylation sites (tertiary alicyclic amines) is 2. The minimum absolute atomic E-state index is 0.00404. The summed E-state index contributed by atoms with van der Waals surface area (Å²) in [5.41, 5.74) is 8.16. The zero-order valence-corrected chi connectivity index (χ0v) is 24.9. The van der Waals surface area contributed by atoms with Gasteiger partial charge in [0.05, 0.1) is 11.8 Å². The number of nitrogens with one attached hydrogen (secondary N) is 1. The number of benzene rings is 2. The number of nitrogens with zero attached hydrogens (tertiary/aromatic N) is 3. The van der Waals surface area contributed by atoms with Crippen molar-refractivity contribution in [3.05, 3.63) is 69.3 Å². The molecule has 17 heteroatoms. The molecule has 2 fully saturated rings. The predicted octanol–water partition coefficient (Wildman–Crippen LogP) is 2.54. The summed E-state index contributed by atoms with van der Waals surface area (Å²) in [6.07, 6.45) is -5.43. The zero-order valence-electron chi connectivity index (χ0n) is 24.9. The summed E-state index contributed by atoms with van der Waals surface area (Å²) in [6.45, 7) is 1.99. The number of nitro groups is 1. The molecular weight excluding hydrogens is 619 g/mol. The summed E-state index contributed by atoms with van der Waals surface area (Å²) in [4.78, 5) is 66.8. The number of carbonyl (C=O) groups is 4. The van der Waals surface area contributed by atoms with E-state index in [1.54, 1.807) is 37.3 Å². The second kappa shape index (κ2) is 13.0. The van der Waals surface area contributed by atoms with Crippen molar-refractivity contribution in [2.24, 2.45) is 11.7 Å². The number of alkyl halides is 3. The Bertz CT molecular complexity index is 1530. The van der Waals surface area contributed by atoms with Crippen LogP contribution in [-0.2, 0) is 36.2 Å². The molecule has 14 nitrogen and oxygen atoms in total. The predicted molar refractivity (Wildman–Crippen MR) is 150 cm³/mol. The molecule has 0 aromatic heterocycles. The van der Waals surface area contributed by atoms with Gasteiger partial charge in [0.15, 0.2) is 0 Å². The Kier molecular flexibility index (Phi) is 9.70. The number of hydroxylamine groups is 4. The molecular formula is C29H33F3N5O9+. The fourth-order valence-corrected chi connectivity index (χ4v) is 6.02. The minimum atomic E-state index is -5.32. The highest BCUT2D eigenvalue weighted by atomic mass is 19.4. The summed E-state index contributed by atoms with van der Waals surface area (Å²) in [6, 6.07) is 9.61. The highest BCUT2D eigenvalue weighted by Crippen LogP contribution is 2.38. The Morgan fingerprint density at radius 2 is 1.83 bits per heavy atom. The van der Waals surface area contributed by atoms with Crippen molar-refractivity contribution in [2.75, 3.05) is 19.6 Å². The van der Waals surface area contributed by atoms with Crippen LogP contribution in [0, 0.1) is 23.0 Å². The molecule has 2 atom stereocenters. The number of quaternary nitrogens is 1. The molecule has 2 aliphatic rings. The van der Waals surface area contributed by atoms with Gasteiger partial charge in [-0.1, -0.05) is 22.8 Å².